The molecule has 0 unspecified atom stereocenters. The molecule has 5 heteroatoms. The number of allylic oxidation sites excluding steroid dienone is 2. The van der Waals surface area contributed by atoms with Crippen molar-refractivity contribution in [1.82, 2.24) is 19.9 Å². The summed E-state index contributed by atoms with van der Waals surface area (Å²) in [4.78, 5) is 17.2. The summed E-state index contributed by atoms with van der Waals surface area (Å²) >= 11 is 0. The average Bonchev–Trinajstić information content (AvgIpc) is 3.49. The molecule has 1 atom stereocenters. The number of aliphatic hydroxyl groups excluding tert-OH is 1. The second-order valence-corrected chi connectivity index (χ2v) is 9.48. The van der Waals surface area contributed by atoms with E-state index in [9.17, 15) is 5.11 Å². The number of aliphatic hydroxyl groups is 1. The Bertz CT molecular complexity index is 1470. The lowest BCUT2D eigenvalue weighted by Gasteiger charge is -2.00. The van der Waals surface area contributed by atoms with Gasteiger partial charge in [0, 0.05) is 44.9 Å². The predicted octanol–water partition coefficient (Wildman–Crippen LogP) is 6.42. The van der Waals surface area contributed by atoms with Gasteiger partial charge in [0.05, 0.1) is 18.0 Å². The molecule has 33 heavy (non-hydrogen) atoms. The molecule has 2 aliphatic heterocycles. The number of aryl methyl sites for hydroxylation is 3. The number of H-pyrrole nitrogens is 2. The third-order valence-electron chi connectivity index (χ3n) is 7.36. The Labute approximate surface area is 194 Å². The van der Waals surface area contributed by atoms with Gasteiger partial charge in [-0.1, -0.05) is 13.8 Å². The zero-order chi connectivity index (χ0) is 23.4. The van der Waals surface area contributed by atoms with Crippen LogP contribution in [-0.4, -0.2) is 25.0 Å². The summed E-state index contributed by atoms with van der Waals surface area (Å²) in [5.74, 6) is 0.341. The van der Waals surface area contributed by atoms with E-state index in [2.05, 4.69) is 75.8 Å². The molecule has 3 N–H and O–H groups in total. The van der Waals surface area contributed by atoms with Gasteiger partial charge in [-0.3, -0.25) is 4.98 Å². The van der Waals surface area contributed by atoms with Crippen molar-refractivity contribution in [2.24, 2.45) is 0 Å². The van der Waals surface area contributed by atoms with Crippen molar-refractivity contribution in [2.45, 2.75) is 66.9 Å². The molecule has 0 aliphatic carbocycles. The normalized spacial score (nSPS) is 16.0. The monoisotopic (exact) mass is 440 g/mol. The second-order valence-electron chi connectivity index (χ2n) is 9.48. The molecule has 0 radical (unpaired) electrons. The number of hydrogen-bond donors (Lipinski definition) is 3. The molecule has 2 aliphatic rings. The first-order chi connectivity index (χ1) is 15.8. The lowest BCUT2D eigenvalue weighted by atomic mass is 10.0. The molecule has 5 nitrogen and oxygen atoms in total. The minimum atomic E-state index is -0.0160. The van der Waals surface area contributed by atoms with Gasteiger partial charge in [0.2, 0.25) is 0 Å². The highest BCUT2D eigenvalue weighted by atomic mass is 16.3. The van der Waals surface area contributed by atoms with Gasteiger partial charge in [-0.2, -0.15) is 0 Å². The third kappa shape index (κ3) is 3.51. The van der Waals surface area contributed by atoms with Gasteiger partial charge in [0.1, 0.15) is 0 Å². The number of hydrogen-bond acceptors (Lipinski definition) is 3. The summed E-state index contributed by atoms with van der Waals surface area (Å²) in [6.07, 6.45) is 1.84. The zero-order valence-electron chi connectivity index (χ0n) is 20.3. The van der Waals surface area contributed by atoms with Crippen molar-refractivity contribution in [3.8, 4) is 0 Å². The predicted molar refractivity (Wildman–Crippen MR) is 136 cm³/mol. The van der Waals surface area contributed by atoms with Crippen molar-refractivity contribution in [1.29, 1.82) is 0 Å². The van der Waals surface area contributed by atoms with E-state index in [0.717, 1.165) is 68.8 Å². The Morgan fingerprint density at radius 2 is 1.58 bits per heavy atom. The smallest absolute Gasteiger partial charge is 0.0705 e. The Balaban J connectivity index is 1.97. The summed E-state index contributed by atoms with van der Waals surface area (Å²) in [6, 6.07) is 8.62. The molecule has 5 heterocycles. The molecule has 0 fully saturated rings. The Hall–Kier alpha value is -3.18. The maximum atomic E-state index is 10.1. The van der Waals surface area contributed by atoms with Crippen LogP contribution in [-0.2, 0) is 13.0 Å². The number of aromatic amines is 2. The minimum absolute atomic E-state index is 0.0160. The number of fused-ring (bicyclic) bond motifs is 8. The summed E-state index contributed by atoms with van der Waals surface area (Å²) in [5, 5.41) is 10.1. The van der Waals surface area contributed by atoms with E-state index in [1.165, 1.54) is 22.3 Å². The van der Waals surface area contributed by atoms with E-state index >= 15 is 0 Å². The highest BCUT2D eigenvalue weighted by Gasteiger charge is 2.20. The van der Waals surface area contributed by atoms with E-state index < -0.39 is 0 Å². The van der Waals surface area contributed by atoms with Crippen molar-refractivity contribution in [3.63, 3.8) is 0 Å². The van der Waals surface area contributed by atoms with Crippen LogP contribution >= 0.6 is 0 Å². The summed E-state index contributed by atoms with van der Waals surface area (Å²) < 4.78 is 0. The van der Waals surface area contributed by atoms with Gasteiger partial charge in [-0.15, -0.1) is 0 Å². The average molecular weight is 441 g/mol. The van der Waals surface area contributed by atoms with Gasteiger partial charge in [-0.05, 0) is 92.6 Å². The quantitative estimate of drug-likeness (QED) is 0.430. The third-order valence-corrected chi connectivity index (χ3v) is 7.36. The number of nitrogens with zero attached hydrogens (tertiary/aromatic N) is 2. The Morgan fingerprint density at radius 1 is 0.879 bits per heavy atom. The standard InChI is InChI=1S/C28H32N4O/c1-7-19-16(4)26-12-28-20(13-33)17(5)25(32-28)10-21-14(2)8-23(29-21)18(6)24-9-15(3)22(30-24)11-27(19)31-26/h9-12,14,30,32-33H,7-8,13H2,1-6H3/t14-/m0/s1. The Kier molecular flexibility index (Phi) is 5.25. The Morgan fingerprint density at radius 3 is 2.30 bits per heavy atom. The van der Waals surface area contributed by atoms with E-state index in [1.54, 1.807) is 0 Å². The summed E-state index contributed by atoms with van der Waals surface area (Å²) in [6.45, 7) is 12.9. The molecule has 0 spiro atoms. The maximum Gasteiger partial charge on any atom is 0.0705 e. The number of rotatable bonds is 2. The van der Waals surface area contributed by atoms with Crippen LogP contribution in [0.1, 0.15) is 78.1 Å². The van der Waals surface area contributed by atoms with Crippen molar-refractivity contribution in [2.75, 3.05) is 0 Å². The van der Waals surface area contributed by atoms with Crippen molar-refractivity contribution < 1.29 is 5.11 Å². The highest BCUT2D eigenvalue weighted by molar-refractivity contribution is 5.92. The van der Waals surface area contributed by atoms with E-state index in [1.807, 2.05) is 0 Å². The summed E-state index contributed by atoms with van der Waals surface area (Å²) in [5.41, 5.74) is 15.1. The molecule has 3 aromatic heterocycles. The van der Waals surface area contributed by atoms with E-state index in [4.69, 9.17) is 9.97 Å². The molecule has 0 aromatic carbocycles. The molecule has 0 saturated carbocycles. The SMILES string of the molecule is CCC1=C(C)c2cc3[nH]c(cc4nc(c(C)c5cc(C)c(cc1n2)[nH]5)C[C@@H]4C)c(C)c3CO. The fraction of sp³-hybridized carbons (Fsp3) is 0.357. The first-order valence-corrected chi connectivity index (χ1v) is 11.8. The lowest BCUT2D eigenvalue weighted by molar-refractivity contribution is 0.283. The number of aromatic nitrogens is 4. The second kappa shape index (κ2) is 7.99. The van der Waals surface area contributed by atoms with Crippen LogP contribution in [0.5, 0.6) is 0 Å². The topological polar surface area (TPSA) is 77.6 Å². The largest absolute Gasteiger partial charge is 0.392 e. The molecular weight excluding hydrogens is 408 g/mol. The lowest BCUT2D eigenvalue weighted by Crippen LogP contribution is -1.90. The molecule has 5 rings (SSSR count). The summed E-state index contributed by atoms with van der Waals surface area (Å²) in [7, 11) is 0. The molecule has 3 aromatic rings. The van der Waals surface area contributed by atoms with Crippen LogP contribution in [0.15, 0.2) is 24.3 Å². The van der Waals surface area contributed by atoms with Crippen LogP contribution in [0.25, 0.3) is 33.2 Å². The molecule has 170 valence electrons. The van der Waals surface area contributed by atoms with Gasteiger partial charge in [0.15, 0.2) is 0 Å². The van der Waals surface area contributed by atoms with Crippen LogP contribution in [0.4, 0.5) is 0 Å². The highest BCUT2D eigenvalue weighted by Crippen LogP contribution is 2.34. The molecular formula is C28H32N4O. The van der Waals surface area contributed by atoms with Crippen LogP contribution in [0, 0.1) is 20.8 Å². The van der Waals surface area contributed by atoms with Crippen molar-refractivity contribution >= 4 is 33.2 Å². The van der Waals surface area contributed by atoms with Crippen LogP contribution < -0.4 is 0 Å². The van der Waals surface area contributed by atoms with Gasteiger partial charge < -0.3 is 15.1 Å². The molecule has 8 bridgehead atoms. The first-order valence-electron chi connectivity index (χ1n) is 11.8. The van der Waals surface area contributed by atoms with Gasteiger partial charge >= 0.3 is 0 Å². The van der Waals surface area contributed by atoms with E-state index in [0.29, 0.717) is 5.92 Å². The molecule has 0 saturated heterocycles. The molecule has 0 amide bonds. The number of nitrogens with one attached hydrogen (secondary N) is 2. The maximum absolute atomic E-state index is 10.1. The fourth-order valence-corrected chi connectivity index (χ4v) is 5.10. The fourth-order valence-electron chi connectivity index (χ4n) is 5.10. The zero-order valence-corrected chi connectivity index (χ0v) is 20.3. The van der Waals surface area contributed by atoms with Crippen LogP contribution in [0.2, 0.25) is 0 Å². The first kappa shape index (κ1) is 21.7. The van der Waals surface area contributed by atoms with Crippen LogP contribution in [0.3, 0.4) is 0 Å². The van der Waals surface area contributed by atoms with Gasteiger partial charge in [-0.25, -0.2) is 4.98 Å². The van der Waals surface area contributed by atoms with Gasteiger partial charge in [0.25, 0.3) is 0 Å². The van der Waals surface area contributed by atoms with E-state index in [-0.39, 0.29) is 6.61 Å². The van der Waals surface area contributed by atoms with Crippen molar-refractivity contribution in [3.05, 3.63) is 69.3 Å². The minimum Gasteiger partial charge on any atom is -0.392 e.